The molecule has 50 valence electrons. The summed E-state index contributed by atoms with van der Waals surface area (Å²) in [7, 11) is 0. The van der Waals surface area contributed by atoms with Crippen molar-refractivity contribution in [1.82, 2.24) is 0 Å². The van der Waals surface area contributed by atoms with Gasteiger partial charge in [0.2, 0.25) is 0 Å². The Morgan fingerprint density at radius 3 is 0.900 bits per heavy atom. The van der Waals surface area contributed by atoms with Crippen LogP contribution in [0.2, 0.25) is 0 Å². The fourth-order valence-electron chi connectivity index (χ4n) is 0.150. The fraction of sp³-hybridized carbons (Fsp3) is 0. The first-order valence-corrected chi connectivity index (χ1v) is 7.60. The molecule has 0 saturated heterocycles. The molecular weight excluding hydrogens is 329 g/mol. The van der Waals surface area contributed by atoms with Crippen molar-refractivity contribution in [3.05, 3.63) is 0 Å². The van der Waals surface area contributed by atoms with Crippen molar-refractivity contribution in [3.63, 3.8) is 0 Å². The van der Waals surface area contributed by atoms with Crippen LogP contribution in [0.3, 0.4) is 0 Å². The topological polar surface area (TPSA) is 95.2 Å². The average Bonchev–Trinajstić information content (AvgIpc) is 1.95. The molecular formula is C4N4PdSn. The van der Waals surface area contributed by atoms with E-state index in [-0.39, 0.29) is 20.4 Å². The van der Waals surface area contributed by atoms with Gasteiger partial charge in [0.15, 0.2) is 0 Å². The van der Waals surface area contributed by atoms with Crippen molar-refractivity contribution in [1.29, 1.82) is 21.0 Å². The fourth-order valence-corrected chi connectivity index (χ4v) is 1.01. The van der Waals surface area contributed by atoms with Crippen LogP contribution in [-0.4, -0.2) is 18.4 Å². The molecule has 0 rings (SSSR count). The largest absolute Gasteiger partial charge is 0 e. The number of nitriles is 4. The third kappa shape index (κ3) is 2.35. The van der Waals surface area contributed by atoms with Gasteiger partial charge < -0.3 is 0 Å². The van der Waals surface area contributed by atoms with Gasteiger partial charge in [-0.1, -0.05) is 0 Å². The number of nitrogens with zero attached hydrogens (tertiary/aromatic N) is 4. The summed E-state index contributed by atoms with van der Waals surface area (Å²) in [4.78, 5) is 0. The summed E-state index contributed by atoms with van der Waals surface area (Å²) in [6.07, 6.45) is 0. The summed E-state index contributed by atoms with van der Waals surface area (Å²) < 4.78 is 5.96. The predicted molar refractivity (Wildman–Crippen MR) is 28.2 cm³/mol. The molecule has 0 atom stereocenters. The molecule has 0 amide bonds. The molecule has 0 aromatic heterocycles. The molecule has 0 aromatic carbocycles. The predicted octanol–water partition coefficient (Wildman–Crippen LogP) is -0.316. The molecule has 10 heavy (non-hydrogen) atoms. The van der Waals surface area contributed by atoms with Gasteiger partial charge in [0, 0.05) is 20.4 Å². The van der Waals surface area contributed by atoms with E-state index in [1.54, 1.807) is 0 Å². The third-order valence-corrected chi connectivity index (χ3v) is 4.50. The Balaban J connectivity index is 0. The molecule has 0 N–H and O–H groups in total. The molecule has 0 bridgehead atoms. The zero-order valence-corrected chi connectivity index (χ0v) is 9.01. The maximum Gasteiger partial charge on any atom is 0 e. The summed E-state index contributed by atoms with van der Waals surface area (Å²) in [5.74, 6) is 0. The smallest absolute Gasteiger partial charge is 0 e. The van der Waals surface area contributed by atoms with Gasteiger partial charge in [-0.3, -0.25) is 0 Å². The Morgan fingerprint density at radius 1 is 0.700 bits per heavy atom. The Labute approximate surface area is 75.8 Å². The molecule has 0 unspecified atom stereocenters. The first kappa shape index (κ1) is 12.1. The SMILES string of the molecule is N#[C][Sn]([C]#N)([C]#N)[C]#N.[Pd]. The van der Waals surface area contributed by atoms with Gasteiger partial charge in [-0.15, -0.1) is 0 Å². The number of rotatable bonds is 0. The van der Waals surface area contributed by atoms with E-state index in [1.165, 1.54) is 16.3 Å². The van der Waals surface area contributed by atoms with Crippen LogP contribution in [0.4, 0.5) is 0 Å². The Morgan fingerprint density at radius 2 is 0.900 bits per heavy atom. The van der Waals surface area contributed by atoms with Crippen molar-refractivity contribution in [2.75, 3.05) is 0 Å². The standard InChI is InChI=1S/4CN.Pd.Sn/c4*1-2;;. The Hall–Kier alpha value is -0.579. The monoisotopic (exact) mass is 330 g/mol. The maximum absolute atomic E-state index is 8.15. The quantitative estimate of drug-likeness (QED) is 0.569. The first-order chi connectivity index (χ1) is 4.24. The molecule has 0 heterocycles. The van der Waals surface area contributed by atoms with Gasteiger partial charge in [0.1, 0.15) is 0 Å². The van der Waals surface area contributed by atoms with Crippen molar-refractivity contribution >= 4 is 18.4 Å². The second-order valence-electron chi connectivity index (χ2n) is 1.20. The van der Waals surface area contributed by atoms with Gasteiger partial charge in [0.05, 0.1) is 0 Å². The minimum atomic E-state index is -4.16. The summed E-state index contributed by atoms with van der Waals surface area (Å²) >= 11 is -4.16. The van der Waals surface area contributed by atoms with E-state index in [0.717, 1.165) is 0 Å². The van der Waals surface area contributed by atoms with Crippen LogP contribution in [0.15, 0.2) is 0 Å². The zero-order valence-electron chi connectivity index (χ0n) is 4.61. The Bertz CT molecular complexity index is 210. The molecule has 0 aliphatic rings. The summed E-state index contributed by atoms with van der Waals surface area (Å²) in [6.45, 7) is 0. The third-order valence-electron chi connectivity index (χ3n) is 0.671. The maximum atomic E-state index is 8.15. The van der Waals surface area contributed by atoms with E-state index in [9.17, 15) is 0 Å². The van der Waals surface area contributed by atoms with Gasteiger partial charge in [0.25, 0.3) is 0 Å². The number of hydrogen-bond acceptors (Lipinski definition) is 4. The van der Waals surface area contributed by atoms with Crippen LogP contribution >= 0.6 is 0 Å². The normalized spacial score (nSPS) is 6.80. The van der Waals surface area contributed by atoms with Crippen LogP contribution in [0, 0.1) is 37.4 Å². The second-order valence-corrected chi connectivity index (χ2v) is 8.03. The van der Waals surface area contributed by atoms with E-state index in [1.807, 2.05) is 0 Å². The van der Waals surface area contributed by atoms with Crippen molar-refractivity contribution in [3.8, 4) is 16.3 Å². The van der Waals surface area contributed by atoms with Crippen LogP contribution in [0.25, 0.3) is 0 Å². The molecule has 0 saturated carbocycles. The van der Waals surface area contributed by atoms with E-state index in [2.05, 4.69) is 0 Å². The minimum Gasteiger partial charge on any atom is 0 e. The van der Waals surface area contributed by atoms with Crippen LogP contribution in [0.5, 0.6) is 0 Å². The van der Waals surface area contributed by atoms with E-state index in [4.69, 9.17) is 21.0 Å². The van der Waals surface area contributed by atoms with Crippen LogP contribution in [-0.2, 0) is 20.4 Å². The molecule has 0 spiro atoms. The van der Waals surface area contributed by atoms with E-state index in [0.29, 0.717) is 0 Å². The molecule has 4 nitrogen and oxygen atoms in total. The van der Waals surface area contributed by atoms with Gasteiger partial charge in [-0.25, -0.2) is 0 Å². The first-order valence-electron chi connectivity index (χ1n) is 1.89. The summed E-state index contributed by atoms with van der Waals surface area (Å²) in [5, 5.41) is 32.6. The molecule has 6 heteroatoms. The average molecular weight is 329 g/mol. The minimum absolute atomic E-state index is 0. The van der Waals surface area contributed by atoms with Crippen molar-refractivity contribution < 1.29 is 20.4 Å². The van der Waals surface area contributed by atoms with Gasteiger partial charge in [-0.2, -0.15) is 0 Å². The summed E-state index contributed by atoms with van der Waals surface area (Å²) in [5.41, 5.74) is 0. The van der Waals surface area contributed by atoms with Crippen molar-refractivity contribution in [2.24, 2.45) is 0 Å². The number of hydrogen-bond donors (Lipinski definition) is 0. The molecule has 0 aromatic rings. The second kappa shape index (κ2) is 5.23. The van der Waals surface area contributed by atoms with Gasteiger partial charge in [-0.05, 0) is 0 Å². The molecule has 0 fully saturated rings. The van der Waals surface area contributed by atoms with Gasteiger partial charge >= 0.3 is 55.8 Å². The Kier molecular flexibility index (Phi) is 6.34. The molecule has 0 radical (unpaired) electrons. The van der Waals surface area contributed by atoms with E-state index >= 15 is 0 Å². The van der Waals surface area contributed by atoms with Crippen molar-refractivity contribution in [2.45, 2.75) is 0 Å². The summed E-state index contributed by atoms with van der Waals surface area (Å²) in [6, 6.07) is 0. The molecule has 0 aliphatic carbocycles. The zero-order chi connectivity index (χ0) is 7.33. The van der Waals surface area contributed by atoms with E-state index < -0.39 is 18.4 Å². The molecule has 0 aliphatic heterocycles. The van der Waals surface area contributed by atoms with Crippen LogP contribution in [0.1, 0.15) is 0 Å². The van der Waals surface area contributed by atoms with Crippen LogP contribution < -0.4 is 0 Å².